The first kappa shape index (κ1) is 15.7. The lowest BCUT2D eigenvalue weighted by Gasteiger charge is -2.13. The van der Waals surface area contributed by atoms with E-state index in [4.69, 9.17) is 4.42 Å². The van der Waals surface area contributed by atoms with Crippen LogP contribution in [0.25, 0.3) is 0 Å². The largest absolute Gasteiger partial charge is 0.433 e. The highest BCUT2D eigenvalue weighted by Gasteiger charge is 2.19. The molecule has 1 aromatic carbocycles. The van der Waals surface area contributed by atoms with E-state index in [0.717, 1.165) is 22.3 Å². The van der Waals surface area contributed by atoms with Gasteiger partial charge >= 0.3 is 5.88 Å². The maximum atomic E-state index is 12.3. The van der Waals surface area contributed by atoms with Crippen molar-refractivity contribution in [2.75, 3.05) is 7.05 Å². The van der Waals surface area contributed by atoms with Crippen molar-refractivity contribution in [2.45, 2.75) is 11.8 Å². The Hall–Kier alpha value is -2.68. The number of rotatable bonds is 5. The van der Waals surface area contributed by atoms with Crippen molar-refractivity contribution >= 4 is 22.1 Å². The standard InChI is InChI=1S/C13H13N3O5S/c1-10-3-6-12(7-4-10)22(19,20)15(2)14-9-11-5-8-13(21-11)16(17)18/h3-9H,1-2H3/b14-9+. The van der Waals surface area contributed by atoms with Crippen LogP contribution in [-0.4, -0.2) is 31.0 Å². The Morgan fingerprint density at radius 3 is 2.41 bits per heavy atom. The second kappa shape index (κ2) is 5.98. The van der Waals surface area contributed by atoms with Crippen LogP contribution in [0.3, 0.4) is 0 Å². The Balaban J connectivity index is 2.19. The topological polar surface area (TPSA) is 106 Å². The summed E-state index contributed by atoms with van der Waals surface area (Å²) in [7, 11) is -2.51. The predicted molar refractivity (Wildman–Crippen MR) is 79.1 cm³/mol. The number of benzene rings is 1. The van der Waals surface area contributed by atoms with Gasteiger partial charge in [0.2, 0.25) is 0 Å². The van der Waals surface area contributed by atoms with Gasteiger partial charge in [0.15, 0.2) is 5.76 Å². The minimum absolute atomic E-state index is 0.0812. The highest BCUT2D eigenvalue weighted by atomic mass is 32.2. The molecular formula is C13H13N3O5S. The zero-order valence-corrected chi connectivity index (χ0v) is 12.6. The molecule has 0 saturated heterocycles. The average Bonchev–Trinajstić information content (AvgIpc) is 2.94. The van der Waals surface area contributed by atoms with Gasteiger partial charge in [0.25, 0.3) is 10.0 Å². The number of nitro groups is 1. The summed E-state index contributed by atoms with van der Waals surface area (Å²) in [6.45, 7) is 1.85. The fourth-order valence-electron chi connectivity index (χ4n) is 1.57. The molecule has 0 saturated carbocycles. The van der Waals surface area contributed by atoms with Crippen molar-refractivity contribution < 1.29 is 17.8 Å². The van der Waals surface area contributed by atoms with Gasteiger partial charge in [-0.3, -0.25) is 10.1 Å². The van der Waals surface area contributed by atoms with Gasteiger partial charge < -0.3 is 4.42 Å². The summed E-state index contributed by atoms with van der Waals surface area (Å²) in [5.41, 5.74) is 0.938. The molecule has 0 aliphatic rings. The predicted octanol–water partition coefficient (Wildman–Crippen LogP) is 2.15. The molecule has 0 spiro atoms. The second-order valence-corrected chi connectivity index (χ2v) is 6.38. The van der Waals surface area contributed by atoms with Crippen LogP contribution in [0.4, 0.5) is 5.88 Å². The van der Waals surface area contributed by atoms with Gasteiger partial charge in [0.1, 0.15) is 4.92 Å². The van der Waals surface area contributed by atoms with Crippen LogP contribution in [-0.2, 0) is 10.0 Å². The normalized spacial score (nSPS) is 11.7. The lowest BCUT2D eigenvalue weighted by atomic mass is 10.2. The van der Waals surface area contributed by atoms with Crippen LogP contribution in [0.1, 0.15) is 11.3 Å². The van der Waals surface area contributed by atoms with E-state index >= 15 is 0 Å². The number of hydrogen-bond donors (Lipinski definition) is 0. The third-order valence-corrected chi connectivity index (χ3v) is 4.46. The van der Waals surface area contributed by atoms with Crippen molar-refractivity contribution in [3.05, 3.63) is 57.8 Å². The number of sulfonamides is 1. The van der Waals surface area contributed by atoms with E-state index in [1.807, 2.05) is 6.92 Å². The van der Waals surface area contributed by atoms with E-state index in [1.54, 1.807) is 12.1 Å². The molecule has 0 N–H and O–H groups in total. The zero-order valence-electron chi connectivity index (χ0n) is 11.8. The molecular weight excluding hydrogens is 310 g/mol. The van der Waals surface area contributed by atoms with Crippen molar-refractivity contribution in [3.63, 3.8) is 0 Å². The van der Waals surface area contributed by atoms with Gasteiger partial charge in [-0.1, -0.05) is 17.7 Å². The van der Waals surface area contributed by atoms with E-state index in [2.05, 4.69) is 5.10 Å². The first-order valence-electron chi connectivity index (χ1n) is 6.14. The number of furan rings is 1. The Bertz CT molecular complexity index is 808. The first-order valence-corrected chi connectivity index (χ1v) is 7.58. The van der Waals surface area contributed by atoms with Gasteiger partial charge in [-0.15, -0.1) is 0 Å². The third kappa shape index (κ3) is 3.31. The molecule has 0 amide bonds. The Morgan fingerprint density at radius 2 is 1.86 bits per heavy atom. The molecule has 0 aliphatic heterocycles. The lowest BCUT2D eigenvalue weighted by molar-refractivity contribution is -0.402. The van der Waals surface area contributed by atoms with Gasteiger partial charge in [0, 0.05) is 7.05 Å². The SMILES string of the molecule is Cc1ccc(S(=O)(=O)N(C)/N=C/c2ccc([N+](=O)[O-])o2)cc1. The summed E-state index contributed by atoms with van der Waals surface area (Å²) in [6, 6.07) is 8.81. The van der Waals surface area contributed by atoms with E-state index in [9.17, 15) is 18.5 Å². The maximum absolute atomic E-state index is 12.3. The number of nitrogens with zero attached hydrogens (tertiary/aromatic N) is 3. The van der Waals surface area contributed by atoms with Crippen molar-refractivity contribution in [2.24, 2.45) is 5.10 Å². The van der Waals surface area contributed by atoms with Crippen LogP contribution in [0.15, 0.2) is 50.8 Å². The molecule has 9 heteroatoms. The summed E-state index contributed by atoms with van der Waals surface area (Å²) >= 11 is 0. The highest BCUT2D eigenvalue weighted by molar-refractivity contribution is 7.89. The van der Waals surface area contributed by atoms with E-state index in [0.29, 0.717) is 0 Å². The van der Waals surface area contributed by atoms with Gasteiger partial charge in [-0.2, -0.15) is 17.9 Å². The van der Waals surface area contributed by atoms with Crippen LogP contribution < -0.4 is 0 Å². The van der Waals surface area contributed by atoms with Crippen LogP contribution >= 0.6 is 0 Å². The molecule has 116 valence electrons. The molecule has 0 aliphatic carbocycles. The minimum atomic E-state index is -3.78. The fourth-order valence-corrected chi connectivity index (χ4v) is 2.53. The highest BCUT2D eigenvalue weighted by Crippen LogP contribution is 2.17. The van der Waals surface area contributed by atoms with Crippen LogP contribution in [0, 0.1) is 17.0 Å². The molecule has 2 aromatic rings. The summed E-state index contributed by atoms with van der Waals surface area (Å²) in [6.07, 6.45) is 1.10. The Kier molecular flexibility index (Phi) is 4.27. The van der Waals surface area contributed by atoms with Gasteiger partial charge in [-0.25, -0.2) is 0 Å². The van der Waals surface area contributed by atoms with Gasteiger partial charge in [0.05, 0.1) is 17.2 Å². The monoisotopic (exact) mass is 323 g/mol. The maximum Gasteiger partial charge on any atom is 0.433 e. The summed E-state index contributed by atoms with van der Waals surface area (Å²) < 4.78 is 30.1. The van der Waals surface area contributed by atoms with Crippen LogP contribution in [0.2, 0.25) is 0 Å². The molecule has 0 fully saturated rings. The zero-order chi connectivity index (χ0) is 16.3. The van der Waals surface area contributed by atoms with Crippen molar-refractivity contribution in [1.29, 1.82) is 0 Å². The quantitative estimate of drug-likeness (QED) is 0.476. The summed E-state index contributed by atoms with van der Waals surface area (Å²) in [5.74, 6) is -0.358. The molecule has 0 unspecified atom stereocenters. The van der Waals surface area contributed by atoms with Crippen molar-refractivity contribution in [3.8, 4) is 0 Å². The molecule has 8 nitrogen and oxygen atoms in total. The lowest BCUT2D eigenvalue weighted by Crippen LogP contribution is -2.21. The van der Waals surface area contributed by atoms with Gasteiger partial charge in [-0.05, 0) is 25.1 Å². The number of aryl methyl sites for hydroxylation is 1. The molecule has 0 bridgehead atoms. The molecule has 0 atom stereocenters. The molecule has 0 radical (unpaired) electrons. The van der Waals surface area contributed by atoms with E-state index in [-0.39, 0.29) is 10.7 Å². The summed E-state index contributed by atoms with van der Waals surface area (Å²) in [5, 5.41) is 14.2. The molecule has 1 heterocycles. The second-order valence-electron chi connectivity index (χ2n) is 4.43. The number of hydrogen-bond acceptors (Lipinski definition) is 6. The first-order chi connectivity index (χ1) is 10.3. The average molecular weight is 323 g/mol. The molecule has 1 aromatic heterocycles. The summed E-state index contributed by atoms with van der Waals surface area (Å²) in [4.78, 5) is 9.89. The molecule has 2 rings (SSSR count). The van der Waals surface area contributed by atoms with Crippen molar-refractivity contribution in [1.82, 2.24) is 4.41 Å². The minimum Gasteiger partial charge on any atom is -0.400 e. The fraction of sp³-hybridized carbons (Fsp3) is 0.154. The van der Waals surface area contributed by atoms with Crippen LogP contribution in [0.5, 0.6) is 0 Å². The molecule has 22 heavy (non-hydrogen) atoms. The Labute approximate surface area is 126 Å². The third-order valence-electron chi connectivity index (χ3n) is 2.81. The smallest absolute Gasteiger partial charge is 0.400 e. The van der Waals surface area contributed by atoms with E-state index in [1.165, 1.54) is 25.2 Å². The van der Waals surface area contributed by atoms with E-state index < -0.39 is 20.8 Å². The Morgan fingerprint density at radius 1 is 1.23 bits per heavy atom. The number of hydrazone groups is 1.